The van der Waals surface area contributed by atoms with Crippen molar-refractivity contribution in [3.8, 4) is 5.75 Å². The Balaban J connectivity index is 2.05. The zero-order valence-electron chi connectivity index (χ0n) is 12.5. The van der Waals surface area contributed by atoms with Crippen molar-refractivity contribution in [2.45, 2.75) is 33.6 Å². The van der Waals surface area contributed by atoms with Gasteiger partial charge in [0.15, 0.2) is 5.78 Å². The maximum atomic E-state index is 12.1. The molecule has 3 N–H and O–H groups in total. The number of ketones is 1. The minimum absolute atomic E-state index is 0.0523. The first-order valence-electron chi connectivity index (χ1n) is 6.87. The summed E-state index contributed by atoms with van der Waals surface area (Å²) in [6.45, 7) is 5.71. The van der Waals surface area contributed by atoms with E-state index in [1.807, 2.05) is 13.8 Å². The highest BCUT2D eigenvalue weighted by molar-refractivity contribution is 5.96. The smallest absolute Gasteiger partial charge is 0.270 e. The van der Waals surface area contributed by atoms with Gasteiger partial charge in [0, 0.05) is 29.3 Å². The molecule has 0 aromatic heterocycles. The number of carbonyl (C=O) groups excluding carboxylic acids is 2. The number of hydrogen-bond acceptors (Lipinski definition) is 4. The summed E-state index contributed by atoms with van der Waals surface area (Å²) in [6, 6.07) is 4.78. The molecule has 0 spiro atoms. The summed E-state index contributed by atoms with van der Waals surface area (Å²) in [5.74, 6) is -0.215. The SMILES string of the molecule is Cc1c(O)cccc1C(=O)NNC1=CC(=O)CC(C)(C)C1. The lowest BCUT2D eigenvalue weighted by Crippen LogP contribution is -2.40. The monoisotopic (exact) mass is 288 g/mol. The van der Waals surface area contributed by atoms with E-state index in [4.69, 9.17) is 0 Å². The molecule has 1 aliphatic carbocycles. The van der Waals surface area contributed by atoms with Crippen molar-refractivity contribution in [3.05, 3.63) is 41.1 Å². The molecule has 1 aromatic carbocycles. The third-order valence-corrected chi connectivity index (χ3v) is 3.54. The van der Waals surface area contributed by atoms with Crippen LogP contribution in [0.4, 0.5) is 0 Å². The number of carbonyl (C=O) groups is 2. The quantitative estimate of drug-likeness (QED) is 0.745. The topological polar surface area (TPSA) is 78.4 Å². The van der Waals surface area contributed by atoms with Crippen molar-refractivity contribution in [3.63, 3.8) is 0 Å². The van der Waals surface area contributed by atoms with Crippen LogP contribution in [0.25, 0.3) is 0 Å². The van der Waals surface area contributed by atoms with E-state index < -0.39 is 0 Å². The van der Waals surface area contributed by atoms with E-state index in [9.17, 15) is 14.7 Å². The highest BCUT2D eigenvalue weighted by Gasteiger charge is 2.27. The van der Waals surface area contributed by atoms with Crippen LogP contribution in [-0.4, -0.2) is 16.8 Å². The van der Waals surface area contributed by atoms with Gasteiger partial charge in [-0.05, 0) is 30.9 Å². The number of benzene rings is 1. The Kier molecular flexibility index (Phi) is 4.02. The van der Waals surface area contributed by atoms with Crippen molar-refractivity contribution in [2.75, 3.05) is 0 Å². The zero-order chi connectivity index (χ0) is 15.6. The lowest BCUT2D eigenvalue weighted by atomic mass is 9.79. The van der Waals surface area contributed by atoms with Gasteiger partial charge in [-0.25, -0.2) is 0 Å². The summed E-state index contributed by atoms with van der Waals surface area (Å²) in [5, 5.41) is 9.61. The average molecular weight is 288 g/mol. The van der Waals surface area contributed by atoms with Gasteiger partial charge in [-0.1, -0.05) is 19.9 Å². The normalized spacial score (nSPS) is 17.1. The van der Waals surface area contributed by atoms with Crippen molar-refractivity contribution >= 4 is 11.7 Å². The van der Waals surface area contributed by atoms with Crippen LogP contribution in [0.3, 0.4) is 0 Å². The fraction of sp³-hybridized carbons (Fsp3) is 0.375. The molecule has 112 valence electrons. The van der Waals surface area contributed by atoms with Gasteiger partial charge in [0.2, 0.25) is 0 Å². The van der Waals surface area contributed by atoms with Gasteiger partial charge < -0.3 is 10.5 Å². The Bertz CT molecular complexity index is 618. The lowest BCUT2D eigenvalue weighted by Gasteiger charge is -2.29. The van der Waals surface area contributed by atoms with Crippen LogP contribution in [-0.2, 0) is 4.79 Å². The van der Waals surface area contributed by atoms with Gasteiger partial charge in [0.25, 0.3) is 5.91 Å². The number of allylic oxidation sites excluding steroid dienone is 2. The molecule has 0 saturated heterocycles. The average Bonchev–Trinajstić information content (AvgIpc) is 2.37. The summed E-state index contributed by atoms with van der Waals surface area (Å²) in [5.41, 5.74) is 6.88. The molecule has 0 unspecified atom stereocenters. The largest absolute Gasteiger partial charge is 0.508 e. The van der Waals surface area contributed by atoms with Crippen LogP contribution in [0, 0.1) is 12.3 Å². The number of phenolic OH excluding ortho intramolecular Hbond substituents is 1. The summed E-state index contributed by atoms with van der Waals surface area (Å²) >= 11 is 0. The molecule has 1 amide bonds. The third kappa shape index (κ3) is 3.62. The van der Waals surface area contributed by atoms with Gasteiger partial charge in [-0.3, -0.25) is 15.0 Å². The predicted octanol–water partition coefficient (Wildman–Crippen LogP) is 2.21. The molecule has 1 aliphatic rings. The molecule has 1 aromatic rings. The molecule has 5 nitrogen and oxygen atoms in total. The summed E-state index contributed by atoms with van der Waals surface area (Å²) in [7, 11) is 0. The highest BCUT2D eigenvalue weighted by atomic mass is 16.3. The molecule has 0 atom stereocenters. The summed E-state index contributed by atoms with van der Waals surface area (Å²) < 4.78 is 0. The number of nitrogens with one attached hydrogen (secondary N) is 2. The Morgan fingerprint density at radius 3 is 2.67 bits per heavy atom. The second kappa shape index (κ2) is 5.60. The maximum absolute atomic E-state index is 12.1. The van der Waals surface area contributed by atoms with Crippen molar-refractivity contribution in [2.24, 2.45) is 5.41 Å². The van der Waals surface area contributed by atoms with E-state index in [-0.39, 0.29) is 22.9 Å². The van der Waals surface area contributed by atoms with E-state index in [1.165, 1.54) is 12.1 Å². The molecule has 0 saturated carbocycles. The number of phenols is 1. The van der Waals surface area contributed by atoms with Gasteiger partial charge >= 0.3 is 0 Å². The van der Waals surface area contributed by atoms with E-state index in [1.54, 1.807) is 19.1 Å². The lowest BCUT2D eigenvalue weighted by molar-refractivity contribution is -0.117. The van der Waals surface area contributed by atoms with Crippen LogP contribution in [0.1, 0.15) is 42.6 Å². The number of aromatic hydroxyl groups is 1. The Morgan fingerprint density at radius 1 is 1.29 bits per heavy atom. The van der Waals surface area contributed by atoms with Crippen LogP contribution in [0.15, 0.2) is 30.0 Å². The number of hydrazine groups is 1. The molecule has 0 aliphatic heterocycles. The molecule has 0 bridgehead atoms. The fourth-order valence-corrected chi connectivity index (χ4v) is 2.50. The molecule has 21 heavy (non-hydrogen) atoms. The third-order valence-electron chi connectivity index (χ3n) is 3.54. The second-order valence-electron chi connectivity index (χ2n) is 6.18. The van der Waals surface area contributed by atoms with Crippen molar-refractivity contribution in [1.82, 2.24) is 10.9 Å². The van der Waals surface area contributed by atoms with Crippen molar-refractivity contribution < 1.29 is 14.7 Å². The summed E-state index contributed by atoms with van der Waals surface area (Å²) in [6.07, 6.45) is 2.73. The van der Waals surface area contributed by atoms with Crippen LogP contribution >= 0.6 is 0 Å². The summed E-state index contributed by atoms with van der Waals surface area (Å²) in [4.78, 5) is 23.7. The van der Waals surface area contributed by atoms with E-state index >= 15 is 0 Å². The first-order valence-corrected chi connectivity index (χ1v) is 6.87. The second-order valence-corrected chi connectivity index (χ2v) is 6.18. The van der Waals surface area contributed by atoms with Crippen molar-refractivity contribution in [1.29, 1.82) is 0 Å². The molecule has 0 heterocycles. The standard InChI is InChI=1S/C16H20N2O3/c1-10-13(5-4-6-14(10)20)15(21)18-17-11-7-12(19)9-16(2,3)8-11/h4-7,17,20H,8-9H2,1-3H3,(H,18,21). The van der Waals surface area contributed by atoms with Crippen LogP contribution in [0.5, 0.6) is 5.75 Å². The van der Waals surface area contributed by atoms with E-state index in [2.05, 4.69) is 10.9 Å². The molecular weight excluding hydrogens is 268 g/mol. The fourth-order valence-electron chi connectivity index (χ4n) is 2.50. The zero-order valence-corrected chi connectivity index (χ0v) is 12.5. The molecule has 5 heteroatoms. The van der Waals surface area contributed by atoms with E-state index in [0.717, 1.165) is 0 Å². The van der Waals surface area contributed by atoms with Gasteiger partial charge in [0.05, 0.1) is 0 Å². The van der Waals surface area contributed by atoms with E-state index in [0.29, 0.717) is 29.7 Å². The number of hydrogen-bond donors (Lipinski definition) is 3. The van der Waals surface area contributed by atoms with Crippen LogP contribution < -0.4 is 10.9 Å². The van der Waals surface area contributed by atoms with Crippen LogP contribution in [0.2, 0.25) is 0 Å². The minimum Gasteiger partial charge on any atom is -0.508 e. The van der Waals surface area contributed by atoms with Gasteiger partial charge in [-0.2, -0.15) is 0 Å². The van der Waals surface area contributed by atoms with Gasteiger partial charge in [-0.15, -0.1) is 0 Å². The molecule has 2 rings (SSSR count). The Hall–Kier alpha value is -2.30. The first kappa shape index (κ1) is 15.1. The maximum Gasteiger partial charge on any atom is 0.270 e. The highest BCUT2D eigenvalue weighted by Crippen LogP contribution is 2.32. The number of amides is 1. The predicted molar refractivity (Wildman–Crippen MR) is 79.6 cm³/mol. The molecular formula is C16H20N2O3. The molecule has 0 fully saturated rings. The molecule has 0 radical (unpaired) electrons. The Morgan fingerprint density at radius 2 is 2.00 bits per heavy atom. The number of rotatable bonds is 3. The first-order chi connectivity index (χ1) is 9.78. The van der Waals surface area contributed by atoms with Gasteiger partial charge in [0.1, 0.15) is 5.75 Å². The Labute approximate surface area is 124 Å². The minimum atomic E-state index is -0.347.